The van der Waals surface area contributed by atoms with Crippen molar-refractivity contribution >= 4 is 15.9 Å². The Morgan fingerprint density at radius 3 is 2.47 bits per heavy atom. The third-order valence-corrected chi connectivity index (χ3v) is 3.59. The van der Waals surface area contributed by atoms with Crippen LogP contribution in [0.2, 0.25) is 0 Å². The van der Waals surface area contributed by atoms with Crippen LogP contribution in [0.1, 0.15) is 17.2 Å². The number of benzene rings is 2. The molecule has 3 heteroatoms. The van der Waals surface area contributed by atoms with Crippen LogP contribution >= 0.6 is 15.9 Å². The summed E-state index contributed by atoms with van der Waals surface area (Å²) in [6.45, 7) is 0. The summed E-state index contributed by atoms with van der Waals surface area (Å²) < 4.78 is 13.9. The first-order valence-electron chi connectivity index (χ1n) is 5.42. The van der Waals surface area contributed by atoms with Crippen LogP contribution in [-0.2, 0) is 6.42 Å². The average Bonchev–Trinajstić information content (AvgIpc) is 2.36. The van der Waals surface area contributed by atoms with Gasteiger partial charge in [-0.25, -0.2) is 4.39 Å². The van der Waals surface area contributed by atoms with Gasteiger partial charge in [0.15, 0.2) is 0 Å². The first-order valence-corrected chi connectivity index (χ1v) is 6.21. The molecular formula is C14H13BrFN. The normalized spacial score (nSPS) is 12.4. The number of hydrogen-bond donors (Lipinski definition) is 1. The summed E-state index contributed by atoms with van der Waals surface area (Å²) in [5, 5.41) is 0. The van der Waals surface area contributed by atoms with Gasteiger partial charge in [0.05, 0.1) is 4.47 Å². The second-order valence-electron chi connectivity index (χ2n) is 3.93. The van der Waals surface area contributed by atoms with E-state index in [1.165, 1.54) is 6.07 Å². The summed E-state index contributed by atoms with van der Waals surface area (Å²) in [6, 6.07) is 14.7. The fourth-order valence-corrected chi connectivity index (χ4v) is 2.19. The van der Waals surface area contributed by atoms with Crippen LogP contribution in [-0.4, -0.2) is 0 Å². The van der Waals surface area contributed by atoms with Gasteiger partial charge in [0, 0.05) is 6.04 Å². The molecule has 1 atom stereocenters. The molecule has 0 spiro atoms. The smallest absolute Gasteiger partial charge is 0.137 e. The molecule has 2 aromatic carbocycles. The molecule has 0 radical (unpaired) electrons. The predicted molar refractivity (Wildman–Crippen MR) is 71.2 cm³/mol. The summed E-state index contributed by atoms with van der Waals surface area (Å²) in [7, 11) is 0. The summed E-state index contributed by atoms with van der Waals surface area (Å²) >= 11 is 3.25. The molecule has 0 aliphatic carbocycles. The third kappa shape index (κ3) is 2.93. The van der Waals surface area contributed by atoms with E-state index in [4.69, 9.17) is 5.73 Å². The summed E-state index contributed by atoms with van der Waals surface area (Å²) in [4.78, 5) is 0. The second kappa shape index (κ2) is 5.43. The highest BCUT2D eigenvalue weighted by molar-refractivity contribution is 9.10. The lowest BCUT2D eigenvalue weighted by molar-refractivity contribution is 0.614. The quantitative estimate of drug-likeness (QED) is 0.914. The van der Waals surface area contributed by atoms with Crippen molar-refractivity contribution in [2.24, 2.45) is 5.73 Å². The van der Waals surface area contributed by atoms with Gasteiger partial charge in [0.2, 0.25) is 0 Å². The Morgan fingerprint density at radius 1 is 1.06 bits per heavy atom. The molecular weight excluding hydrogens is 281 g/mol. The Balaban J connectivity index is 2.19. The van der Waals surface area contributed by atoms with E-state index in [1.807, 2.05) is 36.4 Å². The summed E-state index contributed by atoms with van der Waals surface area (Å²) in [5.74, 6) is -0.247. The van der Waals surface area contributed by atoms with E-state index in [9.17, 15) is 4.39 Å². The molecule has 0 saturated carbocycles. The van der Waals surface area contributed by atoms with Crippen molar-refractivity contribution in [2.45, 2.75) is 12.5 Å². The lowest BCUT2D eigenvalue weighted by atomic mass is 10.00. The minimum absolute atomic E-state index is 0.116. The lowest BCUT2D eigenvalue weighted by Crippen LogP contribution is -2.13. The molecule has 0 aliphatic rings. The van der Waals surface area contributed by atoms with Crippen LogP contribution in [0.15, 0.2) is 53.0 Å². The van der Waals surface area contributed by atoms with Crippen molar-refractivity contribution < 1.29 is 4.39 Å². The zero-order valence-corrected chi connectivity index (χ0v) is 10.8. The molecule has 0 heterocycles. The Bertz CT molecular complexity index is 499. The SMILES string of the molecule is NC(Cc1cccc(F)c1Br)c1ccccc1. The standard InChI is InChI=1S/C14H13BrFN/c15-14-11(7-4-8-12(14)16)9-13(17)10-5-2-1-3-6-10/h1-8,13H,9,17H2. The van der Waals surface area contributed by atoms with Crippen LogP contribution < -0.4 is 5.73 Å². The number of halogens is 2. The molecule has 17 heavy (non-hydrogen) atoms. The van der Waals surface area contributed by atoms with Gasteiger partial charge < -0.3 is 5.73 Å². The molecule has 0 aliphatic heterocycles. The van der Waals surface area contributed by atoms with Crippen LogP contribution in [0.5, 0.6) is 0 Å². The number of hydrogen-bond acceptors (Lipinski definition) is 1. The van der Waals surface area contributed by atoms with Crippen molar-refractivity contribution in [3.05, 3.63) is 69.9 Å². The molecule has 1 nitrogen and oxygen atoms in total. The lowest BCUT2D eigenvalue weighted by Gasteiger charge is -2.13. The average molecular weight is 294 g/mol. The molecule has 0 aromatic heterocycles. The minimum atomic E-state index is -0.247. The van der Waals surface area contributed by atoms with Gasteiger partial charge >= 0.3 is 0 Å². The Hall–Kier alpha value is -1.19. The largest absolute Gasteiger partial charge is 0.324 e. The molecule has 88 valence electrons. The monoisotopic (exact) mass is 293 g/mol. The maximum absolute atomic E-state index is 13.3. The summed E-state index contributed by atoms with van der Waals surface area (Å²) in [5.41, 5.74) is 8.05. The maximum atomic E-state index is 13.3. The van der Waals surface area contributed by atoms with Gasteiger partial charge in [-0.05, 0) is 39.5 Å². The topological polar surface area (TPSA) is 26.0 Å². The highest BCUT2D eigenvalue weighted by Gasteiger charge is 2.11. The van der Waals surface area contributed by atoms with E-state index in [0.29, 0.717) is 10.9 Å². The molecule has 1 unspecified atom stereocenters. The van der Waals surface area contributed by atoms with Gasteiger partial charge in [-0.2, -0.15) is 0 Å². The minimum Gasteiger partial charge on any atom is -0.324 e. The third-order valence-electron chi connectivity index (χ3n) is 2.70. The van der Waals surface area contributed by atoms with Crippen molar-refractivity contribution in [1.82, 2.24) is 0 Å². The highest BCUT2D eigenvalue weighted by atomic mass is 79.9. The Kier molecular flexibility index (Phi) is 3.92. The first-order chi connectivity index (χ1) is 8.18. The van der Waals surface area contributed by atoms with E-state index >= 15 is 0 Å². The van der Waals surface area contributed by atoms with E-state index < -0.39 is 0 Å². The van der Waals surface area contributed by atoms with Crippen molar-refractivity contribution in [3.8, 4) is 0 Å². The molecule has 0 fully saturated rings. The molecule has 0 amide bonds. The van der Waals surface area contributed by atoms with E-state index in [0.717, 1.165) is 11.1 Å². The molecule has 0 bridgehead atoms. The van der Waals surface area contributed by atoms with Crippen LogP contribution in [0, 0.1) is 5.82 Å². The van der Waals surface area contributed by atoms with E-state index in [1.54, 1.807) is 6.07 Å². The van der Waals surface area contributed by atoms with Gasteiger partial charge in [-0.1, -0.05) is 42.5 Å². The zero-order valence-electron chi connectivity index (χ0n) is 9.24. The number of nitrogens with two attached hydrogens (primary N) is 1. The number of rotatable bonds is 3. The van der Waals surface area contributed by atoms with Gasteiger partial charge in [0.1, 0.15) is 5.82 Å². The fourth-order valence-electron chi connectivity index (χ4n) is 1.76. The molecule has 2 N–H and O–H groups in total. The molecule has 0 saturated heterocycles. The van der Waals surface area contributed by atoms with Crippen molar-refractivity contribution in [1.29, 1.82) is 0 Å². The highest BCUT2D eigenvalue weighted by Crippen LogP contribution is 2.24. The van der Waals surface area contributed by atoms with Gasteiger partial charge in [-0.15, -0.1) is 0 Å². The van der Waals surface area contributed by atoms with Crippen LogP contribution in [0.25, 0.3) is 0 Å². The second-order valence-corrected chi connectivity index (χ2v) is 4.73. The summed E-state index contributed by atoms with van der Waals surface area (Å²) in [6.07, 6.45) is 0.613. The van der Waals surface area contributed by atoms with E-state index in [2.05, 4.69) is 15.9 Å². The molecule has 2 aromatic rings. The predicted octanol–water partition coefficient (Wildman–Crippen LogP) is 3.83. The Morgan fingerprint density at radius 2 is 1.76 bits per heavy atom. The van der Waals surface area contributed by atoms with Crippen LogP contribution in [0.4, 0.5) is 4.39 Å². The van der Waals surface area contributed by atoms with Gasteiger partial charge in [0.25, 0.3) is 0 Å². The molecule has 2 rings (SSSR count). The van der Waals surface area contributed by atoms with Crippen molar-refractivity contribution in [3.63, 3.8) is 0 Å². The van der Waals surface area contributed by atoms with Crippen molar-refractivity contribution in [2.75, 3.05) is 0 Å². The Labute approximate surface area is 109 Å². The van der Waals surface area contributed by atoms with E-state index in [-0.39, 0.29) is 11.9 Å². The zero-order chi connectivity index (χ0) is 12.3. The maximum Gasteiger partial charge on any atom is 0.137 e. The first kappa shape index (κ1) is 12.3. The van der Waals surface area contributed by atoms with Gasteiger partial charge in [-0.3, -0.25) is 0 Å². The van der Waals surface area contributed by atoms with Crippen LogP contribution in [0.3, 0.4) is 0 Å². The fraction of sp³-hybridized carbons (Fsp3) is 0.143.